The van der Waals surface area contributed by atoms with E-state index in [0.29, 0.717) is 37.7 Å². The Morgan fingerprint density at radius 3 is 2.81 bits per heavy atom. The molecule has 0 aliphatic carbocycles. The summed E-state index contributed by atoms with van der Waals surface area (Å²) in [4.78, 5) is 18.8. The minimum atomic E-state index is -4.65. The molecule has 192 valence electrons. The van der Waals surface area contributed by atoms with Crippen molar-refractivity contribution in [3.05, 3.63) is 74.7 Å². The van der Waals surface area contributed by atoms with Gasteiger partial charge in [-0.15, -0.1) is 0 Å². The SMILES string of the molecule is CC12COCCN1c1cc(OCc3ccc(Oc4ccc(Cl)c(C(F)(F)F)c4)c(C#N)c3)nc(=O)n1C2. The van der Waals surface area contributed by atoms with Crippen LogP contribution in [0.1, 0.15) is 23.6 Å². The number of benzene rings is 2. The molecule has 12 heteroatoms. The second-order valence-corrected chi connectivity index (χ2v) is 9.40. The molecule has 2 aliphatic heterocycles. The van der Waals surface area contributed by atoms with Crippen LogP contribution in [0.15, 0.2) is 47.3 Å². The van der Waals surface area contributed by atoms with E-state index in [9.17, 15) is 23.2 Å². The van der Waals surface area contributed by atoms with Crippen LogP contribution in [0.5, 0.6) is 17.4 Å². The summed E-state index contributed by atoms with van der Waals surface area (Å²) in [6.45, 7) is 4.21. The lowest BCUT2D eigenvalue weighted by atomic mass is 10.0. The van der Waals surface area contributed by atoms with E-state index >= 15 is 0 Å². The Bertz CT molecular complexity index is 1470. The van der Waals surface area contributed by atoms with Gasteiger partial charge in [0.25, 0.3) is 0 Å². The number of ether oxygens (including phenoxy) is 3. The van der Waals surface area contributed by atoms with Crippen molar-refractivity contribution in [3.8, 4) is 23.4 Å². The normalized spacial score (nSPS) is 18.6. The van der Waals surface area contributed by atoms with Gasteiger partial charge in [-0.1, -0.05) is 17.7 Å². The number of halogens is 4. The Morgan fingerprint density at radius 1 is 1.24 bits per heavy atom. The number of fused-ring (bicyclic) bond motifs is 3. The predicted molar refractivity (Wildman–Crippen MR) is 127 cm³/mol. The maximum absolute atomic E-state index is 13.1. The van der Waals surface area contributed by atoms with E-state index in [1.54, 1.807) is 16.7 Å². The standard InChI is InChI=1S/C25H20ClF3N4O4/c1-24-13-32-22(33(24)6-7-35-14-24)10-21(31-23(32)34)36-12-15-2-5-20(16(8-15)11-30)37-17-3-4-19(26)18(9-17)25(27,28)29/h2-5,8-10H,6-7,12-14H2,1H3. The molecule has 0 N–H and O–H groups in total. The van der Waals surface area contributed by atoms with Crippen molar-refractivity contribution in [2.75, 3.05) is 24.7 Å². The van der Waals surface area contributed by atoms with Crippen LogP contribution in [0.25, 0.3) is 0 Å². The van der Waals surface area contributed by atoms with Gasteiger partial charge in [0.1, 0.15) is 30.0 Å². The summed E-state index contributed by atoms with van der Waals surface area (Å²) in [6, 6.07) is 11.4. The van der Waals surface area contributed by atoms with Gasteiger partial charge < -0.3 is 19.1 Å². The lowest BCUT2D eigenvalue weighted by Crippen LogP contribution is -2.53. The van der Waals surface area contributed by atoms with Gasteiger partial charge in [-0.3, -0.25) is 4.57 Å². The zero-order valence-corrected chi connectivity index (χ0v) is 20.3. The summed E-state index contributed by atoms with van der Waals surface area (Å²) in [5.74, 6) is 0.812. The van der Waals surface area contributed by atoms with E-state index in [1.807, 2.05) is 13.0 Å². The molecule has 3 aromatic rings. The van der Waals surface area contributed by atoms with Gasteiger partial charge in [0, 0.05) is 12.6 Å². The van der Waals surface area contributed by atoms with Crippen molar-refractivity contribution in [1.82, 2.24) is 9.55 Å². The topological polar surface area (TPSA) is 89.6 Å². The summed E-state index contributed by atoms with van der Waals surface area (Å²) in [5, 5.41) is 9.11. The molecule has 2 aromatic carbocycles. The van der Waals surface area contributed by atoms with Gasteiger partial charge in [-0.25, -0.2) is 4.79 Å². The third kappa shape index (κ3) is 4.82. The number of hydrogen-bond acceptors (Lipinski definition) is 7. The Labute approximate surface area is 214 Å². The summed E-state index contributed by atoms with van der Waals surface area (Å²) in [6.07, 6.45) is -4.65. The Kier molecular flexibility index (Phi) is 6.25. The minimum absolute atomic E-state index is 0.00436. The highest BCUT2D eigenvalue weighted by Gasteiger charge is 2.43. The van der Waals surface area contributed by atoms with Gasteiger partial charge >= 0.3 is 11.9 Å². The second kappa shape index (κ2) is 9.28. The number of aromatic nitrogens is 2. The van der Waals surface area contributed by atoms with Crippen LogP contribution in [0.4, 0.5) is 19.0 Å². The Hall–Kier alpha value is -3.75. The molecule has 1 aromatic heterocycles. The van der Waals surface area contributed by atoms with Crippen LogP contribution >= 0.6 is 11.6 Å². The number of anilines is 1. The number of morpholine rings is 1. The molecule has 1 saturated heterocycles. The highest BCUT2D eigenvalue weighted by Crippen LogP contribution is 2.38. The predicted octanol–water partition coefficient (Wildman–Crippen LogP) is 4.77. The van der Waals surface area contributed by atoms with E-state index in [4.69, 9.17) is 25.8 Å². The molecule has 8 nitrogen and oxygen atoms in total. The average molecular weight is 533 g/mol. The fourth-order valence-electron chi connectivity index (χ4n) is 4.49. The van der Waals surface area contributed by atoms with Gasteiger partial charge in [0.2, 0.25) is 5.88 Å². The number of rotatable bonds is 5. The van der Waals surface area contributed by atoms with E-state index in [0.717, 1.165) is 12.1 Å². The van der Waals surface area contributed by atoms with Crippen molar-refractivity contribution in [3.63, 3.8) is 0 Å². The van der Waals surface area contributed by atoms with E-state index in [-0.39, 0.29) is 35.1 Å². The molecular weight excluding hydrogens is 513 g/mol. The monoisotopic (exact) mass is 532 g/mol. The smallest absolute Gasteiger partial charge is 0.417 e. The van der Waals surface area contributed by atoms with E-state index in [2.05, 4.69) is 9.88 Å². The molecule has 37 heavy (non-hydrogen) atoms. The third-order valence-corrected chi connectivity index (χ3v) is 6.62. The number of nitrogens with zero attached hydrogens (tertiary/aromatic N) is 4. The molecule has 0 radical (unpaired) electrons. The maximum atomic E-state index is 13.1. The summed E-state index contributed by atoms with van der Waals surface area (Å²) in [5.41, 5.74) is -1.12. The third-order valence-electron chi connectivity index (χ3n) is 6.29. The van der Waals surface area contributed by atoms with Crippen molar-refractivity contribution in [2.24, 2.45) is 0 Å². The molecule has 0 amide bonds. The molecular formula is C25H20ClF3N4O4. The minimum Gasteiger partial charge on any atom is -0.473 e. The lowest BCUT2D eigenvalue weighted by molar-refractivity contribution is -0.137. The highest BCUT2D eigenvalue weighted by atomic mass is 35.5. The van der Waals surface area contributed by atoms with Crippen molar-refractivity contribution in [1.29, 1.82) is 5.26 Å². The molecule has 2 aliphatic rings. The zero-order chi connectivity index (χ0) is 26.4. The van der Waals surface area contributed by atoms with Crippen molar-refractivity contribution in [2.45, 2.75) is 31.8 Å². The molecule has 3 heterocycles. The molecule has 0 spiro atoms. The van der Waals surface area contributed by atoms with Crippen LogP contribution in [0.2, 0.25) is 5.02 Å². The molecule has 1 fully saturated rings. The van der Waals surface area contributed by atoms with Gasteiger partial charge in [-0.05, 0) is 42.8 Å². The summed E-state index contributed by atoms with van der Waals surface area (Å²) < 4.78 is 57.9. The number of hydrogen-bond donors (Lipinski definition) is 0. The molecule has 0 saturated carbocycles. The van der Waals surface area contributed by atoms with Crippen LogP contribution < -0.4 is 20.1 Å². The van der Waals surface area contributed by atoms with Gasteiger partial charge in [-0.2, -0.15) is 23.4 Å². The van der Waals surface area contributed by atoms with Gasteiger partial charge in [0.15, 0.2) is 0 Å². The Balaban J connectivity index is 1.33. The van der Waals surface area contributed by atoms with Crippen LogP contribution in [0, 0.1) is 11.3 Å². The summed E-state index contributed by atoms with van der Waals surface area (Å²) in [7, 11) is 0. The largest absolute Gasteiger partial charge is 0.473 e. The molecule has 1 atom stereocenters. The zero-order valence-electron chi connectivity index (χ0n) is 19.5. The van der Waals surface area contributed by atoms with E-state index in [1.165, 1.54) is 18.2 Å². The molecule has 5 rings (SSSR count). The maximum Gasteiger partial charge on any atom is 0.417 e. The second-order valence-electron chi connectivity index (χ2n) is 8.99. The fourth-order valence-corrected chi connectivity index (χ4v) is 4.72. The first-order chi connectivity index (χ1) is 17.6. The van der Waals surface area contributed by atoms with Crippen LogP contribution in [-0.4, -0.2) is 34.8 Å². The lowest BCUT2D eigenvalue weighted by Gasteiger charge is -2.39. The fraction of sp³-hybridized carbons (Fsp3) is 0.320. The quantitative estimate of drug-likeness (QED) is 0.468. The molecule has 1 unspecified atom stereocenters. The number of alkyl halides is 3. The van der Waals surface area contributed by atoms with Crippen LogP contribution in [0.3, 0.4) is 0 Å². The van der Waals surface area contributed by atoms with Gasteiger partial charge in [0.05, 0.1) is 41.4 Å². The first kappa shape index (κ1) is 24.9. The Morgan fingerprint density at radius 2 is 2.05 bits per heavy atom. The number of nitriles is 1. The molecule has 0 bridgehead atoms. The summed E-state index contributed by atoms with van der Waals surface area (Å²) >= 11 is 5.65. The highest BCUT2D eigenvalue weighted by molar-refractivity contribution is 6.31. The van der Waals surface area contributed by atoms with E-state index < -0.39 is 22.5 Å². The first-order valence-electron chi connectivity index (χ1n) is 11.3. The van der Waals surface area contributed by atoms with Crippen LogP contribution in [-0.2, 0) is 24.1 Å². The average Bonchev–Trinajstić information content (AvgIpc) is 3.16. The van der Waals surface area contributed by atoms with Crippen molar-refractivity contribution < 1.29 is 27.4 Å². The van der Waals surface area contributed by atoms with Crippen molar-refractivity contribution >= 4 is 17.4 Å². The first-order valence-corrected chi connectivity index (χ1v) is 11.6.